The Balaban J connectivity index is 1.93. The first-order chi connectivity index (χ1) is 9.24. The van der Waals surface area contributed by atoms with Gasteiger partial charge >= 0.3 is 5.82 Å². The number of fused-ring (bicyclic) bond motifs is 1. The zero-order chi connectivity index (χ0) is 13.2. The van der Waals surface area contributed by atoms with Gasteiger partial charge in [0.2, 0.25) is 5.89 Å². The van der Waals surface area contributed by atoms with Crippen molar-refractivity contribution in [2.24, 2.45) is 0 Å². The Kier molecular flexibility index (Phi) is 2.79. The summed E-state index contributed by atoms with van der Waals surface area (Å²) in [5.74, 6) is -0.250. The monoisotopic (exact) mass is 257 g/mol. The van der Waals surface area contributed by atoms with E-state index in [9.17, 15) is 9.90 Å². The summed E-state index contributed by atoms with van der Waals surface area (Å²) in [5, 5.41) is 15.1. The van der Waals surface area contributed by atoms with Crippen LogP contribution in [0.4, 0.5) is 0 Å². The van der Waals surface area contributed by atoms with Crippen molar-refractivity contribution in [2.75, 3.05) is 0 Å². The molecule has 1 heterocycles. The Labute approximate surface area is 108 Å². The van der Waals surface area contributed by atoms with E-state index in [-0.39, 0.29) is 11.6 Å². The van der Waals surface area contributed by atoms with E-state index in [1.807, 2.05) is 30.3 Å². The maximum absolute atomic E-state index is 10.7. The van der Waals surface area contributed by atoms with Crippen LogP contribution >= 0.6 is 0 Å². The molecule has 0 aliphatic carbocycles. The Bertz CT molecular complexity index is 772. The number of nitrogens with zero attached hydrogens (tertiary/aromatic N) is 1. The summed E-state index contributed by atoms with van der Waals surface area (Å²) in [6.45, 7) is 0. The lowest BCUT2D eigenvalue weighted by Gasteiger charge is -2.06. The third-order valence-corrected chi connectivity index (χ3v) is 3.02. The van der Waals surface area contributed by atoms with Crippen molar-refractivity contribution in [3.8, 4) is 5.75 Å². The van der Waals surface area contributed by atoms with Gasteiger partial charge in [-0.05, 0) is 28.6 Å². The molecule has 5 nitrogen and oxygen atoms in total. The molecule has 0 aliphatic heterocycles. The molecule has 1 aromatic heterocycles. The largest absolute Gasteiger partial charge is 0.542 e. The molecule has 0 aliphatic rings. The fraction of sp³-hybridized carbons (Fsp3) is 0.143. The topological polar surface area (TPSA) is 76.5 Å². The van der Waals surface area contributed by atoms with Gasteiger partial charge in [0.25, 0.3) is 0 Å². The molecule has 3 rings (SSSR count). The van der Waals surface area contributed by atoms with Crippen LogP contribution in [-0.2, 0) is 12.8 Å². The summed E-state index contributed by atoms with van der Waals surface area (Å²) in [5.41, 5.74) is 1.05. The Morgan fingerprint density at radius 2 is 1.84 bits per heavy atom. The second-order valence-electron chi connectivity index (χ2n) is 4.22. The van der Waals surface area contributed by atoms with E-state index < -0.39 is 5.82 Å². The van der Waals surface area contributed by atoms with Crippen LogP contribution in [0.5, 0.6) is 5.75 Å². The van der Waals surface area contributed by atoms with Gasteiger partial charge in [0, 0.05) is 11.8 Å². The summed E-state index contributed by atoms with van der Waals surface area (Å²) in [6.07, 6.45) is 1.12. The van der Waals surface area contributed by atoms with Crippen LogP contribution in [-0.4, -0.2) is 10.3 Å². The minimum absolute atomic E-state index is 0.257. The van der Waals surface area contributed by atoms with Crippen molar-refractivity contribution in [3.63, 3.8) is 0 Å². The predicted molar refractivity (Wildman–Crippen MR) is 68.1 cm³/mol. The molecule has 96 valence electrons. The Hall–Kier alpha value is -2.56. The van der Waals surface area contributed by atoms with Crippen molar-refractivity contribution in [2.45, 2.75) is 12.8 Å². The van der Waals surface area contributed by atoms with Crippen LogP contribution in [0, 0.1) is 0 Å². The van der Waals surface area contributed by atoms with Crippen LogP contribution in [0.1, 0.15) is 11.5 Å². The van der Waals surface area contributed by atoms with Crippen molar-refractivity contribution in [1.29, 1.82) is 0 Å². The highest BCUT2D eigenvalue weighted by atomic mass is 16.6. The van der Waals surface area contributed by atoms with Crippen molar-refractivity contribution < 1.29 is 14.0 Å². The fourth-order valence-electron chi connectivity index (χ4n) is 2.12. The van der Waals surface area contributed by atoms with Crippen LogP contribution in [0.2, 0.25) is 0 Å². The zero-order valence-corrected chi connectivity index (χ0v) is 10.00. The van der Waals surface area contributed by atoms with Crippen LogP contribution in [0.15, 0.2) is 50.1 Å². The zero-order valence-electron chi connectivity index (χ0n) is 10.00. The highest BCUT2D eigenvalue weighted by Crippen LogP contribution is 2.27. The van der Waals surface area contributed by atoms with Gasteiger partial charge in [-0.1, -0.05) is 30.3 Å². The number of phenols is 1. The first-order valence-corrected chi connectivity index (χ1v) is 5.89. The van der Waals surface area contributed by atoms with E-state index in [2.05, 4.69) is 9.68 Å². The predicted octanol–water partition coefficient (Wildman–Crippen LogP) is 2.27. The molecule has 0 atom stereocenters. The standard InChI is InChI=1S/C14H11NO4/c16-12-7-5-9(10-3-1-2-4-11(10)12)6-8-13-15-19-14(17)18-13/h1-5,7,16H,6,8H2. The third kappa shape index (κ3) is 2.22. The number of aryl methyl sites for hydroxylation is 2. The normalized spacial score (nSPS) is 10.9. The molecule has 0 radical (unpaired) electrons. The highest BCUT2D eigenvalue weighted by Gasteiger charge is 2.08. The third-order valence-electron chi connectivity index (χ3n) is 3.02. The number of phenolic OH excluding ortho intramolecular Hbond substituents is 1. The van der Waals surface area contributed by atoms with Gasteiger partial charge in [0.15, 0.2) is 0 Å². The first-order valence-electron chi connectivity index (χ1n) is 5.89. The minimum atomic E-state index is -0.787. The fourth-order valence-corrected chi connectivity index (χ4v) is 2.12. The highest BCUT2D eigenvalue weighted by molar-refractivity contribution is 5.90. The van der Waals surface area contributed by atoms with E-state index >= 15 is 0 Å². The van der Waals surface area contributed by atoms with E-state index in [0.29, 0.717) is 12.8 Å². The molecule has 0 fully saturated rings. The number of hydrogen-bond donors (Lipinski definition) is 1. The Morgan fingerprint density at radius 1 is 1.05 bits per heavy atom. The van der Waals surface area contributed by atoms with Gasteiger partial charge in [-0.25, -0.2) is 4.79 Å². The lowest BCUT2D eigenvalue weighted by atomic mass is 10.0. The molecule has 3 aromatic rings. The van der Waals surface area contributed by atoms with Crippen LogP contribution < -0.4 is 5.82 Å². The molecule has 2 aromatic carbocycles. The van der Waals surface area contributed by atoms with Gasteiger partial charge in [0.1, 0.15) is 5.75 Å². The second-order valence-corrected chi connectivity index (χ2v) is 4.22. The lowest BCUT2D eigenvalue weighted by Crippen LogP contribution is -1.93. The molecule has 0 saturated carbocycles. The van der Waals surface area contributed by atoms with Gasteiger partial charge < -0.3 is 9.52 Å². The summed E-state index contributed by atoms with van der Waals surface area (Å²) in [7, 11) is 0. The lowest BCUT2D eigenvalue weighted by molar-refractivity contribution is 0.334. The van der Waals surface area contributed by atoms with Gasteiger partial charge in [-0.3, -0.25) is 4.52 Å². The summed E-state index contributed by atoms with van der Waals surface area (Å²) >= 11 is 0. The average Bonchev–Trinajstić information content (AvgIpc) is 2.84. The minimum Gasteiger partial charge on any atom is -0.507 e. The van der Waals surface area contributed by atoms with Gasteiger partial charge in [-0.2, -0.15) is 0 Å². The van der Waals surface area contributed by atoms with Crippen molar-refractivity contribution in [1.82, 2.24) is 5.16 Å². The maximum Gasteiger partial charge on any atom is 0.542 e. The van der Waals surface area contributed by atoms with Gasteiger partial charge in [-0.15, -0.1) is 0 Å². The van der Waals surface area contributed by atoms with Crippen LogP contribution in [0.3, 0.4) is 0 Å². The molecule has 5 heteroatoms. The molecule has 0 spiro atoms. The molecule has 0 unspecified atom stereocenters. The number of hydrogen-bond acceptors (Lipinski definition) is 5. The molecule has 0 saturated heterocycles. The molecule has 19 heavy (non-hydrogen) atoms. The van der Waals surface area contributed by atoms with E-state index in [1.165, 1.54) is 0 Å². The molecule has 1 N–H and O–H groups in total. The first kappa shape index (κ1) is 11.5. The molecular formula is C14H11NO4. The van der Waals surface area contributed by atoms with E-state index in [0.717, 1.165) is 16.3 Å². The van der Waals surface area contributed by atoms with Crippen LogP contribution in [0.25, 0.3) is 10.8 Å². The number of benzene rings is 2. The SMILES string of the molecule is O=c1onc(CCc2ccc(O)c3ccccc23)o1. The molecule has 0 amide bonds. The quantitative estimate of drug-likeness (QED) is 0.778. The summed E-state index contributed by atoms with van der Waals surface area (Å²) in [6, 6.07) is 11.1. The van der Waals surface area contributed by atoms with Crippen molar-refractivity contribution >= 4 is 10.8 Å². The van der Waals surface area contributed by atoms with E-state index in [4.69, 9.17) is 4.42 Å². The average molecular weight is 257 g/mol. The van der Waals surface area contributed by atoms with E-state index in [1.54, 1.807) is 6.07 Å². The van der Waals surface area contributed by atoms with Gasteiger partial charge in [0.05, 0.1) is 0 Å². The summed E-state index contributed by atoms with van der Waals surface area (Å²) in [4.78, 5) is 10.7. The Morgan fingerprint density at radius 3 is 2.58 bits per heavy atom. The molecular weight excluding hydrogens is 246 g/mol. The van der Waals surface area contributed by atoms with Crippen molar-refractivity contribution in [3.05, 3.63) is 58.5 Å². The molecule has 0 bridgehead atoms. The maximum atomic E-state index is 10.7. The number of aromatic nitrogens is 1. The smallest absolute Gasteiger partial charge is 0.507 e. The number of rotatable bonds is 3. The number of aromatic hydroxyl groups is 1. The second kappa shape index (κ2) is 4.61. The summed E-state index contributed by atoms with van der Waals surface area (Å²) < 4.78 is 9.11.